The molecule has 0 bridgehead atoms. The molecule has 134 valence electrons. The van der Waals surface area contributed by atoms with Crippen LogP contribution in [0.1, 0.15) is 44.9 Å². The van der Waals surface area contributed by atoms with E-state index in [0.29, 0.717) is 23.6 Å². The Morgan fingerprint density at radius 1 is 1.16 bits per heavy atom. The van der Waals surface area contributed by atoms with Gasteiger partial charge in [0.2, 0.25) is 5.91 Å². The first-order chi connectivity index (χ1) is 12.0. The van der Waals surface area contributed by atoms with Crippen molar-refractivity contribution >= 4 is 35.1 Å². The smallest absolute Gasteiger partial charge is 0.324 e. The van der Waals surface area contributed by atoms with Gasteiger partial charge >= 0.3 is 6.03 Å². The van der Waals surface area contributed by atoms with Gasteiger partial charge in [0.05, 0.1) is 0 Å². The summed E-state index contributed by atoms with van der Waals surface area (Å²) in [5.41, 5.74) is -0.293. The van der Waals surface area contributed by atoms with Crippen molar-refractivity contribution in [3.8, 4) is 0 Å². The molecule has 1 aliphatic carbocycles. The first kappa shape index (κ1) is 17.7. The zero-order valence-electron chi connectivity index (χ0n) is 14.0. The third-order valence-electron chi connectivity index (χ3n) is 4.86. The number of carbonyl (C=O) groups excluding carboxylic acids is 3. The number of benzene rings is 1. The van der Waals surface area contributed by atoms with E-state index in [9.17, 15) is 14.4 Å². The van der Waals surface area contributed by atoms with Crippen molar-refractivity contribution in [2.24, 2.45) is 0 Å². The van der Waals surface area contributed by atoms with E-state index >= 15 is 0 Å². The van der Waals surface area contributed by atoms with Crippen molar-refractivity contribution in [3.05, 3.63) is 29.3 Å². The van der Waals surface area contributed by atoms with Crippen molar-refractivity contribution in [2.75, 3.05) is 11.9 Å². The van der Waals surface area contributed by atoms with Crippen molar-refractivity contribution < 1.29 is 14.4 Å². The average molecular weight is 364 g/mol. The van der Waals surface area contributed by atoms with E-state index in [0.717, 1.165) is 30.6 Å². The Labute approximate surface area is 151 Å². The fraction of sp³-hybridized carbons (Fsp3) is 0.500. The predicted octanol–water partition coefficient (Wildman–Crippen LogP) is 3.31. The summed E-state index contributed by atoms with van der Waals surface area (Å²) >= 11 is 5.89. The maximum absolute atomic E-state index is 12.8. The highest BCUT2D eigenvalue weighted by molar-refractivity contribution is 6.30. The second-order valence-corrected chi connectivity index (χ2v) is 7.17. The second kappa shape index (κ2) is 7.44. The quantitative estimate of drug-likeness (QED) is 0.808. The molecule has 1 aromatic carbocycles. The van der Waals surface area contributed by atoms with E-state index in [1.807, 2.05) is 0 Å². The van der Waals surface area contributed by atoms with E-state index in [-0.39, 0.29) is 12.5 Å². The Morgan fingerprint density at radius 3 is 2.52 bits per heavy atom. The number of rotatable bonds is 3. The molecule has 1 saturated carbocycles. The summed E-state index contributed by atoms with van der Waals surface area (Å²) in [7, 11) is 0. The SMILES string of the molecule is O=C(CN1C(=O)NC2(CCCCCCC2)C1=O)Nc1cccc(Cl)c1. The summed E-state index contributed by atoms with van der Waals surface area (Å²) in [5.74, 6) is -0.700. The van der Waals surface area contributed by atoms with Crippen LogP contribution in [0.2, 0.25) is 5.02 Å². The summed E-state index contributed by atoms with van der Waals surface area (Å²) in [6.45, 7) is -0.293. The predicted molar refractivity (Wildman–Crippen MR) is 95.4 cm³/mol. The van der Waals surface area contributed by atoms with E-state index in [2.05, 4.69) is 10.6 Å². The standard InChI is InChI=1S/C18H22ClN3O3/c19-13-7-6-8-14(11-13)20-15(23)12-22-16(24)18(21-17(22)25)9-4-2-1-3-5-10-18/h6-8,11H,1-5,9-10,12H2,(H,20,23)(H,21,25). The highest BCUT2D eigenvalue weighted by Gasteiger charge is 2.50. The third-order valence-corrected chi connectivity index (χ3v) is 5.10. The molecule has 2 fully saturated rings. The molecule has 2 aliphatic rings. The maximum Gasteiger partial charge on any atom is 0.325 e. The van der Waals surface area contributed by atoms with Crippen LogP contribution in [0.25, 0.3) is 0 Å². The topological polar surface area (TPSA) is 78.5 Å². The zero-order chi connectivity index (χ0) is 17.9. The lowest BCUT2D eigenvalue weighted by atomic mass is 9.84. The highest BCUT2D eigenvalue weighted by atomic mass is 35.5. The number of nitrogens with one attached hydrogen (secondary N) is 2. The van der Waals surface area contributed by atoms with Gasteiger partial charge in [0, 0.05) is 10.7 Å². The molecule has 1 aromatic rings. The first-order valence-corrected chi connectivity index (χ1v) is 9.07. The van der Waals surface area contributed by atoms with Gasteiger partial charge in [-0.25, -0.2) is 4.79 Å². The van der Waals surface area contributed by atoms with Crippen molar-refractivity contribution in [1.82, 2.24) is 10.2 Å². The Balaban J connectivity index is 1.66. The van der Waals surface area contributed by atoms with Gasteiger partial charge in [-0.2, -0.15) is 0 Å². The molecule has 0 aromatic heterocycles. The molecule has 1 aliphatic heterocycles. The molecule has 6 nitrogen and oxygen atoms in total. The van der Waals surface area contributed by atoms with Crippen molar-refractivity contribution in [1.29, 1.82) is 0 Å². The largest absolute Gasteiger partial charge is 0.325 e. The van der Waals surface area contributed by atoms with Crippen molar-refractivity contribution in [3.63, 3.8) is 0 Å². The number of nitrogens with zero attached hydrogens (tertiary/aromatic N) is 1. The number of carbonyl (C=O) groups is 3. The van der Waals surface area contributed by atoms with Crippen LogP contribution in [0, 0.1) is 0 Å². The maximum atomic E-state index is 12.8. The Bertz CT molecular complexity index is 684. The Kier molecular flexibility index (Phi) is 5.27. The monoisotopic (exact) mass is 363 g/mol. The van der Waals surface area contributed by atoms with Crippen LogP contribution in [-0.4, -0.2) is 34.8 Å². The molecule has 7 heteroatoms. The van der Waals surface area contributed by atoms with Gasteiger partial charge < -0.3 is 10.6 Å². The van der Waals surface area contributed by atoms with Crippen LogP contribution in [-0.2, 0) is 9.59 Å². The number of hydrogen-bond acceptors (Lipinski definition) is 3. The molecule has 3 rings (SSSR count). The zero-order valence-corrected chi connectivity index (χ0v) is 14.8. The molecular weight excluding hydrogens is 342 g/mol. The van der Waals surface area contributed by atoms with Crippen molar-refractivity contribution in [2.45, 2.75) is 50.5 Å². The van der Waals surface area contributed by atoms with Gasteiger partial charge in [0.15, 0.2) is 0 Å². The van der Waals surface area contributed by atoms with Crippen LogP contribution in [0.15, 0.2) is 24.3 Å². The Morgan fingerprint density at radius 2 is 1.84 bits per heavy atom. The highest BCUT2D eigenvalue weighted by Crippen LogP contribution is 2.32. The number of urea groups is 1. The number of amides is 4. The summed E-state index contributed by atoms with van der Waals surface area (Å²) in [5, 5.41) is 6.02. The molecule has 4 amide bonds. The molecule has 0 radical (unpaired) electrons. The summed E-state index contributed by atoms with van der Waals surface area (Å²) in [4.78, 5) is 38.4. The number of imide groups is 1. The molecule has 0 atom stereocenters. The fourth-order valence-corrected chi connectivity index (χ4v) is 3.77. The molecule has 1 saturated heterocycles. The number of anilines is 1. The average Bonchev–Trinajstić information content (AvgIpc) is 2.76. The molecule has 0 unspecified atom stereocenters. The van der Waals surface area contributed by atoms with E-state index < -0.39 is 17.5 Å². The first-order valence-electron chi connectivity index (χ1n) is 8.70. The summed E-state index contributed by atoms with van der Waals surface area (Å²) in [6, 6.07) is 6.25. The van der Waals surface area contributed by atoms with Gasteiger partial charge in [-0.1, -0.05) is 49.8 Å². The van der Waals surface area contributed by atoms with Crippen LogP contribution >= 0.6 is 11.6 Å². The van der Waals surface area contributed by atoms with E-state index in [1.54, 1.807) is 24.3 Å². The van der Waals surface area contributed by atoms with Crippen LogP contribution in [0.5, 0.6) is 0 Å². The van der Waals surface area contributed by atoms with Crippen LogP contribution in [0.4, 0.5) is 10.5 Å². The summed E-state index contributed by atoms with van der Waals surface area (Å²) in [6.07, 6.45) is 6.42. The lowest BCUT2D eigenvalue weighted by Crippen LogP contribution is -2.47. The van der Waals surface area contributed by atoms with Gasteiger partial charge in [-0.15, -0.1) is 0 Å². The third kappa shape index (κ3) is 3.95. The second-order valence-electron chi connectivity index (χ2n) is 6.73. The van der Waals surface area contributed by atoms with E-state index in [1.165, 1.54) is 6.42 Å². The van der Waals surface area contributed by atoms with Gasteiger partial charge in [0.1, 0.15) is 12.1 Å². The lowest BCUT2D eigenvalue weighted by Gasteiger charge is -2.28. The van der Waals surface area contributed by atoms with Crippen LogP contribution < -0.4 is 10.6 Å². The Hall–Kier alpha value is -2.08. The van der Waals surface area contributed by atoms with Gasteiger partial charge in [0.25, 0.3) is 5.91 Å². The minimum absolute atomic E-state index is 0.277. The normalized spacial score (nSPS) is 20.1. The number of halogens is 1. The number of hydrogen-bond donors (Lipinski definition) is 2. The summed E-state index contributed by atoms with van der Waals surface area (Å²) < 4.78 is 0. The van der Waals surface area contributed by atoms with Crippen LogP contribution in [0.3, 0.4) is 0 Å². The minimum Gasteiger partial charge on any atom is -0.324 e. The molecule has 1 spiro atoms. The minimum atomic E-state index is -0.826. The van der Waals surface area contributed by atoms with Gasteiger partial charge in [-0.3, -0.25) is 14.5 Å². The lowest BCUT2D eigenvalue weighted by molar-refractivity contribution is -0.134. The molecule has 2 N–H and O–H groups in total. The van der Waals surface area contributed by atoms with Gasteiger partial charge in [-0.05, 0) is 31.0 Å². The molecular formula is C18H22ClN3O3. The molecule has 1 heterocycles. The molecule has 25 heavy (non-hydrogen) atoms. The van der Waals surface area contributed by atoms with E-state index in [4.69, 9.17) is 11.6 Å². The fourth-order valence-electron chi connectivity index (χ4n) is 3.58.